The number of Topliss-reactive ketones (excluding diaryl/α,β-unsaturated/α-hetero) is 4. The number of rotatable bonds is 3. The van der Waals surface area contributed by atoms with Crippen molar-refractivity contribution >= 4 is 34.7 Å². The lowest BCUT2D eigenvalue weighted by Crippen LogP contribution is -2.68. The normalized spacial score (nSPS) is 33.7. The molecule has 0 spiro atoms. The predicted octanol–water partition coefficient (Wildman–Crippen LogP) is -0.167. The zero-order chi connectivity index (χ0) is 25.2. The van der Waals surface area contributed by atoms with E-state index in [9.17, 15) is 34.2 Å². The standard InChI is InChI=1S/C25H29N3O7/c1-28-6-4-13(5-7-28)27-15-2-3-16(29)19-14(15)9-11-8-12-10-17(30)20(24(26)34)23(33)25(12,35)22(32)18(11)21(19)31/h2-3,11-13,18,20,27,29,35H,4-10H2,1H3,(H2,26,34)/t11-,12+,18?,20?,25+/m1/s1. The summed E-state index contributed by atoms with van der Waals surface area (Å²) in [6, 6.07) is 3.34. The van der Waals surface area contributed by atoms with Gasteiger partial charge in [-0.1, -0.05) is 0 Å². The number of benzene rings is 1. The maximum Gasteiger partial charge on any atom is 0.235 e. The molecule has 0 bridgehead atoms. The number of aromatic hydroxyl groups is 1. The van der Waals surface area contributed by atoms with Gasteiger partial charge in [0.1, 0.15) is 5.75 Å². The van der Waals surface area contributed by atoms with Crippen LogP contribution in [0.2, 0.25) is 0 Å². The number of carbonyl (C=O) groups is 5. The molecule has 35 heavy (non-hydrogen) atoms. The highest BCUT2D eigenvalue weighted by Crippen LogP contribution is 2.50. The van der Waals surface area contributed by atoms with Gasteiger partial charge in [0.2, 0.25) is 5.91 Å². The van der Waals surface area contributed by atoms with Crippen molar-refractivity contribution in [2.45, 2.75) is 43.7 Å². The van der Waals surface area contributed by atoms with Gasteiger partial charge in [-0.25, -0.2) is 0 Å². The Morgan fingerprint density at radius 2 is 1.80 bits per heavy atom. The Morgan fingerprint density at radius 3 is 2.46 bits per heavy atom. The van der Waals surface area contributed by atoms with E-state index >= 15 is 0 Å². The van der Waals surface area contributed by atoms with Gasteiger partial charge in [0.15, 0.2) is 34.7 Å². The third kappa shape index (κ3) is 3.49. The van der Waals surface area contributed by atoms with Gasteiger partial charge < -0.3 is 26.2 Å². The van der Waals surface area contributed by atoms with E-state index in [0.717, 1.165) is 31.6 Å². The summed E-state index contributed by atoms with van der Waals surface area (Å²) in [5.74, 6) is -9.92. The molecule has 5 rings (SSSR count). The molecule has 1 amide bonds. The molecule has 1 aromatic carbocycles. The Hall–Kier alpha value is -3.11. The lowest BCUT2D eigenvalue weighted by atomic mass is 9.54. The van der Waals surface area contributed by atoms with E-state index in [0.29, 0.717) is 5.56 Å². The number of piperidine rings is 1. The topological polar surface area (TPSA) is 167 Å². The number of hydrogen-bond donors (Lipinski definition) is 4. The summed E-state index contributed by atoms with van der Waals surface area (Å²) in [4.78, 5) is 66.5. The van der Waals surface area contributed by atoms with Crippen LogP contribution >= 0.6 is 0 Å². The second kappa shape index (κ2) is 8.23. The number of nitrogens with one attached hydrogen (secondary N) is 1. The fraction of sp³-hybridized carbons (Fsp3) is 0.560. The predicted molar refractivity (Wildman–Crippen MR) is 123 cm³/mol. The average Bonchev–Trinajstić information content (AvgIpc) is 2.79. The summed E-state index contributed by atoms with van der Waals surface area (Å²) in [5, 5.41) is 25.3. The highest BCUT2D eigenvalue weighted by atomic mass is 16.3. The number of hydrogen-bond acceptors (Lipinski definition) is 9. The van der Waals surface area contributed by atoms with Gasteiger partial charge in [0.25, 0.3) is 0 Å². The van der Waals surface area contributed by atoms with Gasteiger partial charge in [-0.3, -0.25) is 24.0 Å². The van der Waals surface area contributed by atoms with E-state index in [4.69, 9.17) is 5.73 Å². The van der Waals surface area contributed by atoms with Crippen LogP contribution in [0, 0.1) is 23.7 Å². The molecular formula is C25H29N3O7. The van der Waals surface area contributed by atoms with Gasteiger partial charge in [0.05, 0.1) is 11.5 Å². The van der Waals surface area contributed by atoms with Crippen LogP contribution in [0.1, 0.15) is 41.6 Å². The quantitative estimate of drug-likeness (QED) is 0.337. The second-order valence-corrected chi connectivity index (χ2v) is 10.4. The fourth-order valence-electron chi connectivity index (χ4n) is 6.48. The van der Waals surface area contributed by atoms with Crippen molar-refractivity contribution in [3.05, 3.63) is 23.3 Å². The maximum atomic E-state index is 13.6. The number of phenolic OH excluding ortho intramolecular Hbond substituents is 1. The monoisotopic (exact) mass is 483 g/mol. The molecule has 4 aliphatic rings. The first-order chi connectivity index (χ1) is 16.5. The molecule has 2 saturated carbocycles. The Kier molecular flexibility index (Phi) is 5.56. The van der Waals surface area contributed by atoms with Crippen LogP contribution in [0.4, 0.5) is 5.69 Å². The fourth-order valence-corrected chi connectivity index (χ4v) is 6.48. The first kappa shape index (κ1) is 23.6. The molecule has 0 radical (unpaired) electrons. The number of anilines is 1. The molecule has 1 heterocycles. The first-order valence-electron chi connectivity index (χ1n) is 12.0. The maximum absolute atomic E-state index is 13.6. The summed E-state index contributed by atoms with van der Waals surface area (Å²) >= 11 is 0. The molecule has 1 aromatic rings. The second-order valence-electron chi connectivity index (χ2n) is 10.4. The Balaban J connectivity index is 1.50. The molecule has 5 N–H and O–H groups in total. The van der Waals surface area contributed by atoms with Crippen molar-refractivity contribution in [3.8, 4) is 5.75 Å². The largest absolute Gasteiger partial charge is 0.507 e. The lowest BCUT2D eigenvalue weighted by molar-refractivity contribution is -0.175. The van der Waals surface area contributed by atoms with Crippen molar-refractivity contribution in [2.75, 3.05) is 25.5 Å². The van der Waals surface area contributed by atoms with E-state index in [1.165, 1.54) is 6.07 Å². The minimum absolute atomic E-state index is 0.0189. The Morgan fingerprint density at radius 1 is 1.11 bits per heavy atom. The highest BCUT2D eigenvalue weighted by Gasteiger charge is 2.66. The minimum atomic E-state index is -2.62. The number of fused-ring (bicyclic) bond motifs is 3. The zero-order valence-electron chi connectivity index (χ0n) is 19.5. The number of likely N-dealkylation sites (tertiary alicyclic amines) is 1. The van der Waals surface area contributed by atoms with Gasteiger partial charge in [-0.05, 0) is 69.4 Å². The number of nitrogens with two attached hydrogens (primary N) is 1. The SMILES string of the molecule is CN1CCC(Nc2ccc(O)c3c2C[C@H]2C[C@H]4CC(=O)C(C(N)=O)C(=O)[C@@]4(O)C(=O)C2C3=O)CC1. The van der Waals surface area contributed by atoms with Crippen LogP contribution in [0.15, 0.2) is 12.1 Å². The number of phenols is 1. The van der Waals surface area contributed by atoms with E-state index in [2.05, 4.69) is 17.3 Å². The summed E-state index contributed by atoms with van der Waals surface area (Å²) in [6.07, 6.45) is 1.86. The molecule has 0 aromatic heterocycles. The van der Waals surface area contributed by atoms with Crippen LogP contribution < -0.4 is 11.1 Å². The van der Waals surface area contributed by atoms with Crippen molar-refractivity contribution in [2.24, 2.45) is 29.4 Å². The first-order valence-corrected chi connectivity index (χ1v) is 12.0. The zero-order valence-corrected chi connectivity index (χ0v) is 19.5. The van der Waals surface area contributed by atoms with Crippen LogP contribution in [0.25, 0.3) is 0 Å². The molecular weight excluding hydrogens is 454 g/mol. The van der Waals surface area contributed by atoms with Gasteiger partial charge in [-0.2, -0.15) is 0 Å². The van der Waals surface area contributed by atoms with Crippen LogP contribution in [0.3, 0.4) is 0 Å². The van der Waals surface area contributed by atoms with Crippen LogP contribution in [-0.2, 0) is 25.6 Å². The third-order valence-electron chi connectivity index (χ3n) is 8.36. The Labute approximate surface area is 201 Å². The smallest absolute Gasteiger partial charge is 0.235 e. The van der Waals surface area contributed by atoms with E-state index < -0.39 is 58.3 Å². The number of amides is 1. The van der Waals surface area contributed by atoms with Crippen LogP contribution in [0.5, 0.6) is 5.75 Å². The average molecular weight is 484 g/mol. The van der Waals surface area contributed by atoms with Gasteiger partial charge in [-0.15, -0.1) is 0 Å². The molecule has 2 unspecified atom stereocenters. The van der Waals surface area contributed by atoms with E-state index in [1.807, 2.05) is 0 Å². The van der Waals surface area contributed by atoms with E-state index in [-0.39, 0.29) is 36.6 Å². The summed E-state index contributed by atoms with van der Waals surface area (Å²) in [6.45, 7) is 1.87. The molecule has 186 valence electrons. The van der Waals surface area contributed by atoms with Crippen molar-refractivity contribution < 1.29 is 34.2 Å². The molecule has 10 heteroatoms. The van der Waals surface area contributed by atoms with E-state index in [1.54, 1.807) is 6.07 Å². The molecule has 3 aliphatic carbocycles. The van der Waals surface area contributed by atoms with Crippen LogP contribution in [-0.4, -0.2) is 75.9 Å². The number of aliphatic hydroxyl groups is 1. The molecule has 10 nitrogen and oxygen atoms in total. The van der Waals surface area contributed by atoms with Gasteiger partial charge in [0, 0.05) is 24.1 Å². The summed E-state index contributed by atoms with van der Waals surface area (Å²) in [5.41, 5.74) is 3.93. The minimum Gasteiger partial charge on any atom is -0.507 e. The third-order valence-corrected chi connectivity index (χ3v) is 8.36. The number of primary amides is 1. The van der Waals surface area contributed by atoms with Crippen molar-refractivity contribution in [1.29, 1.82) is 0 Å². The number of nitrogens with zero attached hydrogens (tertiary/aromatic N) is 1. The highest BCUT2D eigenvalue weighted by molar-refractivity contribution is 6.31. The van der Waals surface area contributed by atoms with Gasteiger partial charge >= 0.3 is 0 Å². The summed E-state index contributed by atoms with van der Waals surface area (Å²) in [7, 11) is 2.06. The summed E-state index contributed by atoms with van der Waals surface area (Å²) < 4.78 is 0. The molecule has 5 atom stereocenters. The lowest BCUT2D eigenvalue weighted by Gasteiger charge is -2.48. The molecule has 1 aliphatic heterocycles. The van der Waals surface area contributed by atoms with Crippen molar-refractivity contribution in [1.82, 2.24) is 4.90 Å². The molecule has 3 fully saturated rings. The van der Waals surface area contributed by atoms with Crippen molar-refractivity contribution in [3.63, 3.8) is 0 Å². The Bertz CT molecular complexity index is 1160. The number of ketones is 4. The molecule has 1 saturated heterocycles. The number of carbonyl (C=O) groups excluding carboxylic acids is 5.